The van der Waals surface area contributed by atoms with Gasteiger partial charge in [0.15, 0.2) is 0 Å². The third kappa shape index (κ3) is 4.55. The van der Waals surface area contributed by atoms with E-state index in [-0.39, 0.29) is 23.5 Å². The molecule has 0 aliphatic heterocycles. The minimum absolute atomic E-state index is 0.195. The fourth-order valence-electron chi connectivity index (χ4n) is 3.01. The Labute approximate surface area is 174 Å². The molecule has 0 spiro atoms. The number of aromatic nitrogens is 3. The maximum atomic E-state index is 12.5. The number of hydrogen-bond donors (Lipinski definition) is 1. The molecule has 3 rings (SSSR count). The molecule has 0 aliphatic rings. The first-order valence-corrected chi connectivity index (χ1v) is 11.0. The van der Waals surface area contributed by atoms with Crippen LogP contribution in [0.25, 0.3) is 10.9 Å². The Bertz CT molecular complexity index is 1200. The molecule has 0 atom stereocenters. The van der Waals surface area contributed by atoms with Crippen molar-refractivity contribution in [2.45, 2.75) is 31.8 Å². The maximum absolute atomic E-state index is 12.5. The van der Waals surface area contributed by atoms with Crippen LogP contribution in [-0.2, 0) is 27.9 Å². The standard InChI is InChI=1S/C20H23N5O4S/c1-3-24(4-2)30(28,29)16-11-9-15(10-12-16)13-21-19(26)14-25-20(27)17-7-5-6-8-18(17)22-23-25/h5-12H,3-4,13-14H2,1-2H3,(H,21,26). The summed E-state index contributed by atoms with van der Waals surface area (Å²) in [5, 5.41) is 10.8. The Morgan fingerprint density at radius 2 is 1.73 bits per heavy atom. The van der Waals surface area contributed by atoms with Gasteiger partial charge < -0.3 is 5.32 Å². The maximum Gasteiger partial charge on any atom is 0.278 e. The molecule has 158 valence electrons. The molecule has 0 radical (unpaired) electrons. The lowest BCUT2D eigenvalue weighted by atomic mass is 10.2. The van der Waals surface area contributed by atoms with Crippen LogP contribution in [0.3, 0.4) is 0 Å². The quantitative estimate of drug-likeness (QED) is 0.574. The van der Waals surface area contributed by atoms with Crippen molar-refractivity contribution in [1.29, 1.82) is 0 Å². The lowest BCUT2D eigenvalue weighted by Crippen LogP contribution is -2.34. The van der Waals surface area contributed by atoms with Crippen LogP contribution in [0.2, 0.25) is 0 Å². The van der Waals surface area contributed by atoms with E-state index in [1.807, 2.05) is 0 Å². The third-order valence-corrected chi connectivity index (χ3v) is 6.74. The number of nitrogens with zero attached hydrogens (tertiary/aromatic N) is 4. The van der Waals surface area contributed by atoms with E-state index in [0.717, 1.165) is 10.2 Å². The summed E-state index contributed by atoms with van der Waals surface area (Å²) in [4.78, 5) is 24.8. The van der Waals surface area contributed by atoms with Gasteiger partial charge in [0, 0.05) is 19.6 Å². The first-order valence-electron chi connectivity index (χ1n) is 9.55. The second-order valence-electron chi connectivity index (χ2n) is 6.58. The zero-order valence-corrected chi connectivity index (χ0v) is 17.6. The van der Waals surface area contributed by atoms with Gasteiger partial charge in [-0.25, -0.2) is 13.1 Å². The molecular weight excluding hydrogens is 406 g/mol. The van der Waals surface area contributed by atoms with Crippen molar-refractivity contribution in [3.05, 3.63) is 64.4 Å². The van der Waals surface area contributed by atoms with Gasteiger partial charge in [0.1, 0.15) is 12.1 Å². The number of rotatable bonds is 8. The highest BCUT2D eigenvalue weighted by Crippen LogP contribution is 2.16. The van der Waals surface area contributed by atoms with Gasteiger partial charge in [-0.05, 0) is 29.8 Å². The summed E-state index contributed by atoms with van der Waals surface area (Å²) in [7, 11) is -3.52. The molecule has 3 aromatic rings. The highest BCUT2D eigenvalue weighted by Gasteiger charge is 2.21. The molecular formula is C20H23N5O4S. The van der Waals surface area contributed by atoms with E-state index in [1.165, 1.54) is 16.4 Å². The van der Waals surface area contributed by atoms with E-state index < -0.39 is 15.9 Å². The fraction of sp³-hybridized carbons (Fsp3) is 0.300. The Balaban J connectivity index is 1.64. The SMILES string of the molecule is CCN(CC)S(=O)(=O)c1ccc(CNC(=O)Cn2nnc3ccccc3c2=O)cc1. The first kappa shape index (κ1) is 21.6. The Morgan fingerprint density at radius 3 is 2.40 bits per heavy atom. The first-order chi connectivity index (χ1) is 14.4. The average molecular weight is 430 g/mol. The van der Waals surface area contributed by atoms with Crippen molar-refractivity contribution < 1.29 is 13.2 Å². The van der Waals surface area contributed by atoms with Gasteiger partial charge in [0.25, 0.3) is 5.56 Å². The zero-order chi connectivity index (χ0) is 21.7. The van der Waals surface area contributed by atoms with Gasteiger partial charge in [-0.2, -0.15) is 4.31 Å². The monoisotopic (exact) mass is 429 g/mol. The van der Waals surface area contributed by atoms with Crippen molar-refractivity contribution in [2.75, 3.05) is 13.1 Å². The molecule has 9 nitrogen and oxygen atoms in total. The number of hydrogen-bond acceptors (Lipinski definition) is 6. The lowest BCUT2D eigenvalue weighted by Gasteiger charge is -2.18. The molecule has 0 saturated carbocycles. The summed E-state index contributed by atoms with van der Waals surface area (Å²) < 4.78 is 27.4. The van der Waals surface area contributed by atoms with Crippen molar-refractivity contribution >= 4 is 26.8 Å². The van der Waals surface area contributed by atoms with Crippen LogP contribution >= 0.6 is 0 Å². The molecule has 10 heteroatoms. The number of amides is 1. The molecule has 0 aliphatic carbocycles. The summed E-state index contributed by atoms with van der Waals surface area (Å²) in [6, 6.07) is 13.1. The smallest absolute Gasteiger partial charge is 0.278 e. The van der Waals surface area contributed by atoms with E-state index in [1.54, 1.807) is 50.2 Å². The lowest BCUT2D eigenvalue weighted by molar-refractivity contribution is -0.122. The van der Waals surface area contributed by atoms with Crippen LogP contribution in [-0.4, -0.2) is 46.7 Å². The van der Waals surface area contributed by atoms with Crippen LogP contribution in [0.4, 0.5) is 0 Å². The van der Waals surface area contributed by atoms with E-state index >= 15 is 0 Å². The second-order valence-corrected chi connectivity index (χ2v) is 8.52. The minimum atomic E-state index is -3.52. The van der Waals surface area contributed by atoms with E-state index in [9.17, 15) is 18.0 Å². The summed E-state index contributed by atoms with van der Waals surface area (Å²) in [6.45, 7) is 4.30. The summed E-state index contributed by atoms with van der Waals surface area (Å²) in [6.07, 6.45) is 0. The predicted molar refractivity (Wildman–Crippen MR) is 112 cm³/mol. The number of carbonyl (C=O) groups excluding carboxylic acids is 1. The number of sulfonamides is 1. The van der Waals surface area contributed by atoms with E-state index in [0.29, 0.717) is 24.0 Å². The summed E-state index contributed by atoms with van der Waals surface area (Å²) in [5.41, 5.74) is 0.819. The topological polar surface area (TPSA) is 114 Å². The van der Waals surface area contributed by atoms with Gasteiger partial charge in [-0.1, -0.05) is 43.3 Å². The third-order valence-electron chi connectivity index (χ3n) is 4.68. The van der Waals surface area contributed by atoms with Gasteiger partial charge in [0.05, 0.1) is 10.3 Å². The van der Waals surface area contributed by atoms with Gasteiger partial charge >= 0.3 is 0 Å². The van der Waals surface area contributed by atoms with Crippen molar-refractivity contribution in [3.8, 4) is 0 Å². The highest BCUT2D eigenvalue weighted by molar-refractivity contribution is 7.89. The van der Waals surface area contributed by atoms with Crippen molar-refractivity contribution in [1.82, 2.24) is 24.6 Å². The highest BCUT2D eigenvalue weighted by atomic mass is 32.2. The normalized spacial score (nSPS) is 11.7. The Morgan fingerprint density at radius 1 is 1.07 bits per heavy atom. The van der Waals surface area contributed by atoms with Crippen molar-refractivity contribution in [2.24, 2.45) is 0 Å². The zero-order valence-electron chi connectivity index (χ0n) is 16.8. The number of carbonyl (C=O) groups is 1. The summed E-state index contributed by atoms with van der Waals surface area (Å²) in [5.74, 6) is -0.401. The van der Waals surface area contributed by atoms with Crippen molar-refractivity contribution in [3.63, 3.8) is 0 Å². The summed E-state index contributed by atoms with van der Waals surface area (Å²) >= 11 is 0. The molecule has 1 heterocycles. The second kappa shape index (κ2) is 9.14. The van der Waals surface area contributed by atoms with Crippen LogP contribution in [0.1, 0.15) is 19.4 Å². The predicted octanol–water partition coefficient (Wildman–Crippen LogP) is 1.14. The Kier molecular flexibility index (Phi) is 6.58. The average Bonchev–Trinajstić information content (AvgIpc) is 2.75. The van der Waals surface area contributed by atoms with Gasteiger partial charge in [-0.15, -0.1) is 5.10 Å². The molecule has 1 amide bonds. The number of nitrogens with one attached hydrogen (secondary N) is 1. The van der Waals surface area contributed by atoms with Crippen LogP contribution in [0.15, 0.2) is 58.2 Å². The van der Waals surface area contributed by atoms with Crippen LogP contribution in [0.5, 0.6) is 0 Å². The molecule has 0 saturated heterocycles. The van der Waals surface area contributed by atoms with E-state index in [2.05, 4.69) is 15.6 Å². The molecule has 30 heavy (non-hydrogen) atoms. The number of fused-ring (bicyclic) bond motifs is 1. The molecule has 2 aromatic carbocycles. The van der Waals surface area contributed by atoms with Crippen LogP contribution in [0, 0.1) is 0 Å². The molecule has 1 aromatic heterocycles. The molecule has 0 fully saturated rings. The van der Waals surface area contributed by atoms with E-state index in [4.69, 9.17) is 0 Å². The Hall–Kier alpha value is -3.11. The molecule has 0 bridgehead atoms. The number of benzene rings is 2. The van der Waals surface area contributed by atoms with Gasteiger partial charge in [0.2, 0.25) is 15.9 Å². The van der Waals surface area contributed by atoms with Gasteiger partial charge in [-0.3, -0.25) is 9.59 Å². The molecule has 0 unspecified atom stereocenters. The molecule has 1 N–H and O–H groups in total. The minimum Gasteiger partial charge on any atom is -0.350 e. The van der Waals surface area contributed by atoms with Crippen LogP contribution < -0.4 is 10.9 Å². The fourth-order valence-corrected chi connectivity index (χ4v) is 4.47. The largest absolute Gasteiger partial charge is 0.350 e.